The summed E-state index contributed by atoms with van der Waals surface area (Å²) in [5.41, 5.74) is 3.28. The van der Waals surface area contributed by atoms with E-state index in [1.54, 1.807) is 0 Å². The largest absolute Gasteiger partial charge is 0.373 e. The third-order valence-corrected chi connectivity index (χ3v) is 3.96. The van der Waals surface area contributed by atoms with Gasteiger partial charge in [0.25, 0.3) is 0 Å². The Balaban J connectivity index is 2.08. The Morgan fingerprint density at radius 1 is 1.29 bits per heavy atom. The predicted molar refractivity (Wildman–Crippen MR) is 86.9 cm³/mol. The van der Waals surface area contributed by atoms with Crippen LogP contribution in [0.25, 0.3) is 0 Å². The molecular weight excluding hydrogens is 284 g/mol. The molecule has 2 aromatic rings. The summed E-state index contributed by atoms with van der Waals surface area (Å²) in [5, 5.41) is 15.3. The Hall–Kier alpha value is -1.95. The van der Waals surface area contributed by atoms with E-state index in [0.717, 1.165) is 21.8 Å². The van der Waals surface area contributed by atoms with Gasteiger partial charge in [-0.1, -0.05) is 30.4 Å². The molecule has 0 radical (unpaired) electrons. The molecule has 0 saturated carbocycles. The average molecular weight is 304 g/mol. The van der Waals surface area contributed by atoms with E-state index < -0.39 is 0 Å². The zero-order valence-electron chi connectivity index (χ0n) is 12.7. The smallest absolute Gasteiger partial charge is 0.248 e. The van der Waals surface area contributed by atoms with E-state index in [1.165, 1.54) is 11.3 Å². The van der Waals surface area contributed by atoms with E-state index in [0.29, 0.717) is 11.6 Å². The van der Waals surface area contributed by atoms with Gasteiger partial charge in [0.1, 0.15) is 11.0 Å². The number of nitrogens with zero attached hydrogens (tertiary/aromatic N) is 2. The topological polar surface area (TPSA) is 66.9 Å². The standard InChI is InChI=1S/C15H20N4OS/c1-5-12(14(20)17-15-19-18-11(4)21-15)16-13-8-9(2)6-7-10(13)3/h6-8,12,16H,5H2,1-4H3,(H,17,19,20)/t12-/m0/s1. The van der Waals surface area contributed by atoms with E-state index in [1.807, 2.05) is 27.7 Å². The van der Waals surface area contributed by atoms with E-state index in [9.17, 15) is 4.79 Å². The SMILES string of the molecule is CC[C@H](Nc1cc(C)ccc1C)C(=O)Nc1nnc(C)s1. The second kappa shape index (κ2) is 6.67. The number of amides is 1. The molecule has 6 heteroatoms. The van der Waals surface area contributed by atoms with Gasteiger partial charge in [-0.05, 0) is 44.4 Å². The number of carbonyl (C=O) groups excluding carboxylic acids is 1. The summed E-state index contributed by atoms with van der Waals surface area (Å²) in [4.78, 5) is 12.3. The molecule has 0 unspecified atom stereocenters. The van der Waals surface area contributed by atoms with Gasteiger partial charge in [0.2, 0.25) is 11.0 Å². The Labute approximate surface area is 128 Å². The molecule has 1 aromatic heterocycles. The molecule has 0 aliphatic carbocycles. The van der Waals surface area contributed by atoms with Gasteiger partial charge in [0.05, 0.1) is 0 Å². The third kappa shape index (κ3) is 4.01. The molecule has 1 aromatic carbocycles. The van der Waals surface area contributed by atoms with E-state index in [4.69, 9.17) is 0 Å². The van der Waals surface area contributed by atoms with Gasteiger partial charge in [0.15, 0.2) is 0 Å². The van der Waals surface area contributed by atoms with Gasteiger partial charge in [-0.2, -0.15) is 0 Å². The molecule has 21 heavy (non-hydrogen) atoms. The van der Waals surface area contributed by atoms with Crippen LogP contribution in [0, 0.1) is 20.8 Å². The van der Waals surface area contributed by atoms with Crippen LogP contribution in [-0.2, 0) is 4.79 Å². The quantitative estimate of drug-likeness (QED) is 0.889. The number of anilines is 2. The summed E-state index contributed by atoms with van der Waals surface area (Å²) < 4.78 is 0. The lowest BCUT2D eigenvalue weighted by Crippen LogP contribution is -2.34. The Bertz CT molecular complexity index is 638. The van der Waals surface area contributed by atoms with E-state index in [2.05, 4.69) is 39.0 Å². The van der Waals surface area contributed by atoms with Gasteiger partial charge in [0, 0.05) is 5.69 Å². The lowest BCUT2D eigenvalue weighted by Gasteiger charge is -2.19. The van der Waals surface area contributed by atoms with Crippen LogP contribution >= 0.6 is 11.3 Å². The minimum atomic E-state index is -0.297. The minimum Gasteiger partial charge on any atom is -0.373 e. The molecule has 1 amide bonds. The van der Waals surface area contributed by atoms with Crippen LogP contribution < -0.4 is 10.6 Å². The van der Waals surface area contributed by atoms with Crippen molar-refractivity contribution in [1.29, 1.82) is 0 Å². The first-order valence-electron chi connectivity index (χ1n) is 6.94. The van der Waals surface area contributed by atoms with Gasteiger partial charge < -0.3 is 5.32 Å². The Kier molecular flexibility index (Phi) is 4.90. The molecule has 0 saturated heterocycles. The summed E-state index contributed by atoms with van der Waals surface area (Å²) in [6, 6.07) is 5.87. The lowest BCUT2D eigenvalue weighted by molar-refractivity contribution is -0.117. The van der Waals surface area contributed by atoms with Crippen molar-refractivity contribution in [3.8, 4) is 0 Å². The van der Waals surface area contributed by atoms with Crippen LogP contribution in [0.1, 0.15) is 29.5 Å². The number of nitrogens with one attached hydrogen (secondary N) is 2. The molecule has 0 spiro atoms. The molecule has 5 nitrogen and oxygen atoms in total. The first-order valence-corrected chi connectivity index (χ1v) is 7.76. The number of rotatable bonds is 5. The average Bonchev–Trinajstić information content (AvgIpc) is 2.84. The second-order valence-electron chi connectivity index (χ2n) is 5.04. The highest BCUT2D eigenvalue weighted by Gasteiger charge is 2.18. The molecule has 112 valence electrons. The van der Waals surface area contributed by atoms with Crippen molar-refractivity contribution in [1.82, 2.24) is 10.2 Å². The van der Waals surface area contributed by atoms with Crippen molar-refractivity contribution in [3.63, 3.8) is 0 Å². The zero-order valence-corrected chi connectivity index (χ0v) is 13.5. The summed E-state index contributed by atoms with van der Waals surface area (Å²) in [6.07, 6.45) is 0.691. The van der Waals surface area contributed by atoms with Crippen molar-refractivity contribution in [3.05, 3.63) is 34.3 Å². The molecule has 1 heterocycles. The first-order chi connectivity index (χ1) is 9.99. The lowest BCUT2D eigenvalue weighted by atomic mass is 10.1. The summed E-state index contributed by atoms with van der Waals surface area (Å²) in [6.45, 7) is 7.91. The summed E-state index contributed by atoms with van der Waals surface area (Å²) in [5.74, 6) is -0.0884. The van der Waals surface area contributed by atoms with Gasteiger partial charge in [-0.3, -0.25) is 10.1 Å². The number of aryl methyl sites for hydroxylation is 3. The van der Waals surface area contributed by atoms with Crippen LogP contribution in [0.5, 0.6) is 0 Å². The molecule has 0 fully saturated rings. The second-order valence-corrected chi connectivity index (χ2v) is 6.22. The maximum absolute atomic E-state index is 12.3. The fraction of sp³-hybridized carbons (Fsp3) is 0.400. The van der Waals surface area contributed by atoms with Crippen LogP contribution in [0.3, 0.4) is 0 Å². The summed E-state index contributed by atoms with van der Waals surface area (Å²) >= 11 is 1.37. The molecule has 1 atom stereocenters. The molecular formula is C15H20N4OS. The van der Waals surface area contributed by atoms with Crippen LogP contribution in [0.2, 0.25) is 0 Å². The number of benzene rings is 1. The highest BCUT2D eigenvalue weighted by molar-refractivity contribution is 7.15. The maximum atomic E-state index is 12.3. The normalized spacial score (nSPS) is 12.0. The molecule has 0 aliphatic heterocycles. The van der Waals surface area contributed by atoms with Crippen LogP contribution in [0.4, 0.5) is 10.8 Å². The van der Waals surface area contributed by atoms with Gasteiger partial charge in [-0.15, -0.1) is 10.2 Å². The molecule has 2 rings (SSSR count). The number of carbonyl (C=O) groups is 1. The molecule has 0 aliphatic rings. The van der Waals surface area contributed by atoms with E-state index >= 15 is 0 Å². The number of aromatic nitrogens is 2. The van der Waals surface area contributed by atoms with Crippen molar-refractivity contribution < 1.29 is 4.79 Å². The fourth-order valence-electron chi connectivity index (χ4n) is 1.97. The molecule has 0 bridgehead atoms. The third-order valence-electron chi connectivity index (χ3n) is 3.20. The van der Waals surface area contributed by atoms with Gasteiger partial charge in [-0.25, -0.2) is 0 Å². The fourth-order valence-corrected chi connectivity index (χ4v) is 2.57. The highest BCUT2D eigenvalue weighted by Crippen LogP contribution is 2.19. The van der Waals surface area contributed by atoms with Crippen LogP contribution in [0.15, 0.2) is 18.2 Å². The van der Waals surface area contributed by atoms with E-state index in [-0.39, 0.29) is 11.9 Å². The predicted octanol–water partition coefficient (Wildman–Crippen LogP) is 3.29. The van der Waals surface area contributed by atoms with Crippen molar-refractivity contribution in [2.45, 2.75) is 40.2 Å². The van der Waals surface area contributed by atoms with Crippen molar-refractivity contribution in [2.24, 2.45) is 0 Å². The minimum absolute atomic E-state index is 0.0884. The summed E-state index contributed by atoms with van der Waals surface area (Å²) in [7, 11) is 0. The Morgan fingerprint density at radius 3 is 2.67 bits per heavy atom. The van der Waals surface area contributed by atoms with Gasteiger partial charge >= 0.3 is 0 Å². The molecule has 2 N–H and O–H groups in total. The maximum Gasteiger partial charge on any atom is 0.248 e. The first kappa shape index (κ1) is 15.4. The van der Waals surface area contributed by atoms with Crippen LogP contribution in [-0.4, -0.2) is 22.1 Å². The number of hydrogen-bond acceptors (Lipinski definition) is 5. The van der Waals surface area contributed by atoms with Crippen molar-refractivity contribution >= 4 is 28.1 Å². The van der Waals surface area contributed by atoms with Crippen molar-refractivity contribution in [2.75, 3.05) is 10.6 Å². The monoisotopic (exact) mass is 304 g/mol. The highest BCUT2D eigenvalue weighted by atomic mass is 32.1. The Morgan fingerprint density at radius 2 is 2.05 bits per heavy atom. The zero-order chi connectivity index (χ0) is 15.4. The number of hydrogen-bond donors (Lipinski definition) is 2.